The van der Waals surface area contributed by atoms with Gasteiger partial charge in [0.25, 0.3) is 0 Å². The molecule has 0 saturated heterocycles. The van der Waals surface area contributed by atoms with E-state index in [0.717, 1.165) is 16.3 Å². The Balaban J connectivity index is 2.46. The molecule has 0 aromatic heterocycles. The topological polar surface area (TPSA) is 60.2 Å². The van der Waals surface area contributed by atoms with Crippen LogP contribution in [0.15, 0.2) is 36.4 Å². The Morgan fingerprint density at radius 1 is 0.941 bits per heavy atom. The van der Waals surface area contributed by atoms with Gasteiger partial charge in [0.15, 0.2) is 0 Å². The van der Waals surface area contributed by atoms with Crippen LogP contribution in [0, 0.1) is 0 Å². The molecule has 82 valence electrons. The summed E-state index contributed by atoms with van der Waals surface area (Å²) in [5.41, 5.74) is 7.54. The molecule has 0 saturated carbocycles. The third-order valence-corrected chi connectivity index (χ3v) is 2.94. The van der Waals surface area contributed by atoms with Crippen LogP contribution in [0.25, 0.3) is 16.8 Å². The lowest BCUT2D eigenvalue weighted by atomic mass is 9.90. The molecule has 0 atom stereocenters. The molecule has 2 aromatic rings. The van der Waals surface area contributed by atoms with Crippen molar-refractivity contribution in [2.45, 2.75) is 0 Å². The fourth-order valence-electron chi connectivity index (χ4n) is 2.11. The highest BCUT2D eigenvalue weighted by Crippen LogP contribution is 2.28. The Morgan fingerprint density at radius 3 is 2.53 bits per heavy atom. The number of Topliss-reactive ketones (excluding diaryl/α,β-unsaturated/α-hetero) is 1. The summed E-state index contributed by atoms with van der Waals surface area (Å²) in [6.07, 6.45) is 2.98. The summed E-state index contributed by atoms with van der Waals surface area (Å²) < 4.78 is 0. The zero-order chi connectivity index (χ0) is 12.0. The molecular formula is C14H9NO2. The molecule has 2 N–H and O–H groups in total. The minimum Gasteiger partial charge on any atom is -0.399 e. The normalized spacial score (nSPS) is 14.1. The fraction of sp³-hybridized carbons (Fsp3) is 0. The van der Waals surface area contributed by atoms with E-state index in [1.54, 1.807) is 18.2 Å². The maximum atomic E-state index is 11.9. The van der Waals surface area contributed by atoms with Gasteiger partial charge in [0.05, 0.1) is 0 Å². The SMILES string of the molecule is Nc1ccc2ccc3c(c2c1)C(=O)C(=O)C=C3. The summed E-state index contributed by atoms with van der Waals surface area (Å²) in [6.45, 7) is 0. The zero-order valence-corrected chi connectivity index (χ0v) is 8.94. The molecule has 17 heavy (non-hydrogen) atoms. The molecule has 0 amide bonds. The van der Waals surface area contributed by atoms with Crippen LogP contribution < -0.4 is 5.73 Å². The number of hydrogen-bond donors (Lipinski definition) is 1. The molecule has 0 bridgehead atoms. The average Bonchev–Trinajstić information content (AvgIpc) is 2.33. The lowest BCUT2D eigenvalue weighted by Crippen LogP contribution is -2.16. The molecule has 0 spiro atoms. The third kappa shape index (κ3) is 1.36. The lowest BCUT2D eigenvalue weighted by Gasteiger charge is -2.12. The molecule has 1 aliphatic carbocycles. The summed E-state index contributed by atoms with van der Waals surface area (Å²) in [7, 11) is 0. The highest BCUT2D eigenvalue weighted by atomic mass is 16.2. The van der Waals surface area contributed by atoms with E-state index in [1.165, 1.54) is 6.08 Å². The lowest BCUT2D eigenvalue weighted by molar-refractivity contribution is -0.110. The second kappa shape index (κ2) is 3.28. The number of carbonyl (C=O) groups is 2. The van der Waals surface area contributed by atoms with Gasteiger partial charge in [0, 0.05) is 11.3 Å². The minimum absolute atomic E-state index is 0.460. The number of carbonyl (C=O) groups excluding carboxylic acids is 2. The van der Waals surface area contributed by atoms with E-state index in [2.05, 4.69) is 0 Å². The van der Waals surface area contributed by atoms with Gasteiger partial charge in [0.2, 0.25) is 11.6 Å². The quantitative estimate of drug-likeness (QED) is 0.550. The van der Waals surface area contributed by atoms with Crippen molar-refractivity contribution in [1.29, 1.82) is 0 Å². The summed E-state index contributed by atoms with van der Waals surface area (Å²) in [4.78, 5) is 23.3. The number of hydrogen-bond acceptors (Lipinski definition) is 3. The van der Waals surface area contributed by atoms with Gasteiger partial charge in [-0.05, 0) is 34.5 Å². The van der Waals surface area contributed by atoms with E-state index >= 15 is 0 Å². The number of rotatable bonds is 0. The van der Waals surface area contributed by atoms with Gasteiger partial charge in [0.1, 0.15) is 0 Å². The number of ketones is 2. The first-order valence-electron chi connectivity index (χ1n) is 5.26. The summed E-state index contributed by atoms with van der Waals surface area (Å²) in [6, 6.07) is 9.12. The van der Waals surface area contributed by atoms with Crippen molar-refractivity contribution in [3.63, 3.8) is 0 Å². The highest BCUT2D eigenvalue weighted by Gasteiger charge is 2.22. The Morgan fingerprint density at radius 2 is 1.71 bits per heavy atom. The summed E-state index contributed by atoms with van der Waals surface area (Å²) in [5, 5.41) is 1.65. The molecule has 1 aliphatic rings. The van der Waals surface area contributed by atoms with Crippen molar-refractivity contribution < 1.29 is 9.59 Å². The number of anilines is 1. The Hall–Kier alpha value is -2.42. The van der Waals surface area contributed by atoms with Gasteiger partial charge in [-0.2, -0.15) is 0 Å². The van der Waals surface area contributed by atoms with Crippen LogP contribution in [0.1, 0.15) is 15.9 Å². The van der Waals surface area contributed by atoms with Crippen molar-refractivity contribution >= 4 is 34.1 Å². The minimum atomic E-state index is -0.479. The average molecular weight is 223 g/mol. The fourth-order valence-corrected chi connectivity index (χ4v) is 2.11. The number of benzene rings is 2. The second-order valence-corrected chi connectivity index (χ2v) is 4.04. The third-order valence-electron chi connectivity index (χ3n) is 2.94. The molecular weight excluding hydrogens is 214 g/mol. The highest BCUT2D eigenvalue weighted by molar-refractivity contribution is 6.51. The van der Waals surface area contributed by atoms with Crippen LogP contribution in [-0.4, -0.2) is 11.6 Å². The molecule has 0 aliphatic heterocycles. The molecule has 3 nitrogen and oxygen atoms in total. The van der Waals surface area contributed by atoms with Crippen molar-refractivity contribution in [3.05, 3.63) is 47.5 Å². The van der Waals surface area contributed by atoms with Gasteiger partial charge in [-0.15, -0.1) is 0 Å². The van der Waals surface area contributed by atoms with Gasteiger partial charge >= 0.3 is 0 Å². The van der Waals surface area contributed by atoms with E-state index < -0.39 is 11.6 Å². The van der Waals surface area contributed by atoms with E-state index in [0.29, 0.717) is 11.3 Å². The predicted octanol–water partition coefficient (Wildman–Crippen LogP) is 2.20. The molecule has 2 aromatic carbocycles. The number of fused-ring (bicyclic) bond motifs is 3. The van der Waals surface area contributed by atoms with Gasteiger partial charge < -0.3 is 5.73 Å². The van der Waals surface area contributed by atoms with E-state index in [1.807, 2.05) is 18.2 Å². The summed E-state index contributed by atoms with van der Waals surface area (Å²) >= 11 is 0. The van der Waals surface area contributed by atoms with Crippen LogP contribution in [0.4, 0.5) is 5.69 Å². The summed E-state index contributed by atoms with van der Waals surface area (Å²) in [5.74, 6) is -0.939. The number of nitrogen functional groups attached to an aromatic ring is 1. The van der Waals surface area contributed by atoms with Gasteiger partial charge in [-0.3, -0.25) is 9.59 Å². The second-order valence-electron chi connectivity index (χ2n) is 4.04. The molecule has 0 fully saturated rings. The van der Waals surface area contributed by atoms with Crippen molar-refractivity contribution in [2.75, 3.05) is 5.73 Å². The van der Waals surface area contributed by atoms with Crippen LogP contribution in [-0.2, 0) is 4.79 Å². The monoisotopic (exact) mass is 223 g/mol. The van der Waals surface area contributed by atoms with Crippen molar-refractivity contribution in [1.82, 2.24) is 0 Å². The Bertz CT molecular complexity index is 699. The molecule has 3 rings (SSSR count). The van der Waals surface area contributed by atoms with Crippen molar-refractivity contribution in [3.8, 4) is 0 Å². The van der Waals surface area contributed by atoms with Gasteiger partial charge in [-0.1, -0.05) is 24.3 Å². The van der Waals surface area contributed by atoms with Crippen molar-refractivity contribution in [2.24, 2.45) is 0 Å². The standard InChI is InChI=1S/C14H9NO2/c15-10-5-3-8-1-2-9-4-6-12(16)14(17)13(9)11(8)7-10/h1-7H,15H2. The first kappa shape index (κ1) is 9.78. The predicted molar refractivity (Wildman–Crippen MR) is 66.7 cm³/mol. The Labute approximate surface area is 97.5 Å². The smallest absolute Gasteiger partial charge is 0.234 e. The maximum Gasteiger partial charge on any atom is 0.234 e. The van der Waals surface area contributed by atoms with Crippen LogP contribution >= 0.6 is 0 Å². The van der Waals surface area contributed by atoms with Crippen LogP contribution in [0.2, 0.25) is 0 Å². The maximum absolute atomic E-state index is 11.9. The number of nitrogens with two attached hydrogens (primary N) is 1. The molecule has 3 heteroatoms. The van der Waals surface area contributed by atoms with Gasteiger partial charge in [-0.25, -0.2) is 0 Å². The van der Waals surface area contributed by atoms with E-state index in [-0.39, 0.29) is 0 Å². The molecule has 0 unspecified atom stereocenters. The van der Waals surface area contributed by atoms with Crippen LogP contribution in [0.3, 0.4) is 0 Å². The first-order valence-corrected chi connectivity index (χ1v) is 5.26. The molecule has 0 heterocycles. The number of allylic oxidation sites excluding steroid dienone is 1. The Kier molecular flexibility index (Phi) is 1.89. The van der Waals surface area contributed by atoms with Crippen LogP contribution in [0.5, 0.6) is 0 Å². The molecule has 0 radical (unpaired) electrons. The first-order chi connectivity index (χ1) is 8.16. The van der Waals surface area contributed by atoms with E-state index in [4.69, 9.17) is 5.73 Å². The largest absolute Gasteiger partial charge is 0.399 e. The van der Waals surface area contributed by atoms with E-state index in [9.17, 15) is 9.59 Å². The zero-order valence-electron chi connectivity index (χ0n) is 8.94.